The average Bonchev–Trinajstić information content (AvgIpc) is 2.25. The fourth-order valence-electron chi connectivity index (χ4n) is 3.35. The maximum Gasteiger partial charge on any atom is 0.119 e. The molecule has 106 valence electrons. The quantitative estimate of drug-likeness (QED) is 0.875. The van der Waals surface area contributed by atoms with Crippen LogP contribution in [0, 0.1) is 0 Å². The van der Waals surface area contributed by atoms with Crippen LogP contribution in [-0.2, 0) is 0 Å². The minimum absolute atomic E-state index is 0.173. The summed E-state index contributed by atoms with van der Waals surface area (Å²) in [5.74, 6) is 0.900. The van der Waals surface area contributed by atoms with Crippen molar-refractivity contribution in [3.05, 3.63) is 24.3 Å². The van der Waals surface area contributed by atoms with E-state index < -0.39 is 0 Å². The van der Waals surface area contributed by atoms with E-state index >= 15 is 0 Å². The number of ether oxygens (including phenoxy) is 1. The standard InChI is InChI=1S/C16H26N2O/c1-15(2)10-13(11-16(3,4)18-15)17-12-6-8-14(19-5)9-7-12/h6-9,13,17-18H,10-11H2,1-5H3. The van der Waals surface area contributed by atoms with Gasteiger partial charge >= 0.3 is 0 Å². The Morgan fingerprint density at radius 2 is 1.58 bits per heavy atom. The van der Waals surface area contributed by atoms with Crippen molar-refractivity contribution in [3.8, 4) is 5.75 Å². The maximum absolute atomic E-state index is 5.19. The minimum Gasteiger partial charge on any atom is -0.497 e. The number of hydrogen-bond donors (Lipinski definition) is 2. The average molecular weight is 262 g/mol. The van der Waals surface area contributed by atoms with Crippen LogP contribution in [0.3, 0.4) is 0 Å². The predicted octanol–water partition coefficient (Wildman–Crippen LogP) is 3.42. The molecule has 1 aromatic carbocycles. The van der Waals surface area contributed by atoms with E-state index in [0.29, 0.717) is 6.04 Å². The first kappa shape index (κ1) is 14.2. The van der Waals surface area contributed by atoms with Gasteiger partial charge in [0.05, 0.1) is 7.11 Å². The molecule has 1 aliphatic rings. The zero-order valence-electron chi connectivity index (χ0n) is 12.7. The fourth-order valence-corrected chi connectivity index (χ4v) is 3.35. The molecule has 0 radical (unpaired) electrons. The monoisotopic (exact) mass is 262 g/mol. The summed E-state index contributed by atoms with van der Waals surface area (Å²) in [6.07, 6.45) is 2.25. The van der Waals surface area contributed by atoms with E-state index in [1.54, 1.807) is 7.11 Å². The largest absolute Gasteiger partial charge is 0.497 e. The van der Waals surface area contributed by atoms with Gasteiger partial charge in [0.15, 0.2) is 0 Å². The molecule has 0 spiro atoms. The number of piperidine rings is 1. The van der Waals surface area contributed by atoms with Gasteiger partial charge in [-0.05, 0) is 64.8 Å². The van der Waals surface area contributed by atoms with Gasteiger partial charge < -0.3 is 15.4 Å². The first-order valence-electron chi connectivity index (χ1n) is 7.00. The summed E-state index contributed by atoms with van der Waals surface area (Å²) in [6.45, 7) is 9.10. The molecule has 19 heavy (non-hydrogen) atoms. The van der Waals surface area contributed by atoms with Crippen LogP contribution in [0.1, 0.15) is 40.5 Å². The van der Waals surface area contributed by atoms with E-state index in [1.807, 2.05) is 12.1 Å². The van der Waals surface area contributed by atoms with Crippen molar-refractivity contribution >= 4 is 5.69 Å². The number of nitrogens with one attached hydrogen (secondary N) is 2. The Morgan fingerprint density at radius 3 is 2.05 bits per heavy atom. The maximum atomic E-state index is 5.19. The molecule has 0 bridgehead atoms. The highest BCUT2D eigenvalue weighted by molar-refractivity contribution is 5.47. The van der Waals surface area contributed by atoms with Crippen molar-refractivity contribution in [2.24, 2.45) is 0 Å². The zero-order chi connectivity index (χ0) is 14.1. The summed E-state index contributed by atoms with van der Waals surface area (Å²) in [6, 6.07) is 8.67. The Labute approximate surface area is 116 Å². The molecule has 3 nitrogen and oxygen atoms in total. The Balaban J connectivity index is 2.05. The summed E-state index contributed by atoms with van der Waals surface area (Å²) in [7, 11) is 1.69. The smallest absolute Gasteiger partial charge is 0.119 e. The topological polar surface area (TPSA) is 33.3 Å². The number of methoxy groups -OCH3 is 1. The first-order chi connectivity index (χ1) is 8.80. The van der Waals surface area contributed by atoms with Crippen molar-refractivity contribution in [2.75, 3.05) is 12.4 Å². The molecule has 2 rings (SSSR count). The fraction of sp³-hybridized carbons (Fsp3) is 0.625. The second-order valence-corrected chi connectivity index (χ2v) is 6.87. The molecular formula is C16H26N2O. The Bertz CT molecular complexity index is 407. The normalized spacial score (nSPS) is 21.9. The van der Waals surface area contributed by atoms with Crippen molar-refractivity contribution in [2.45, 2.75) is 57.7 Å². The lowest BCUT2D eigenvalue weighted by Gasteiger charge is -2.47. The molecule has 1 fully saturated rings. The van der Waals surface area contributed by atoms with Crippen LogP contribution in [0.2, 0.25) is 0 Å². The second kappa shape index (κ2) is 5.04. The molecule has 1 heterocycles. The van der Waals surface area contributed by atoms with Crippen molar-refractivity contribution in [1.82, 2.24) is 5.32 Å². The molecule has 0 aliphatic carbocycles. The first-order valence-corrected chi connectivity index (χ1v) is 7.00. The minimum atomic E-state index is 0.173. The van der Waals surface area contributed by atoms with E-state index in [0.717, 1.165) is 18.6 Å². The Hall–Kier alpha value is -1.22. The molecular weight excluding hydrogens is 236 g/mol. The highest BCUT2D eigenvalue weighted by atomic mass is 16.5. The molecule has 0 aromatic heterocycles. The summed E-state index contributed by atoms with van der Waals surface area (Å²) < 4.78 is 5.19. The lowest BCUT2D eigenvalue weighted by molar-refractivity contribution is 0.170. The lowest BCUT2D eigenvalue weighted by atomic mass is 9.79. The molecule has 0 amide bonds. The van der Waals surface area contributed by atoms with Crippen LogP contribution in [0.5, 0.6) is 5.75 Å². The third-order valence-corrected chi connectivity index (χ3v) is 3.65. The number of anilines is 1. The molecule has 0 unspecified atom stereocenters. The Kier molecular flexibility index (Phi) is 3.77. The SMILES string of the molecule is COc1ccc(NC2CC(C)(C)NC(C)(C)C2)cc1. The zero-order valence-corrected chi connectivity index (χ0v) is 12.7. The lowest BCUT2D eigenvalue weighted by Crippen LogP contribution is -2.60. The van der Waals surface area contributed by atoms with Crippen LogP contribution in [-0.4, -0.2) is 24.2 Å². The summed E-state index contributed by atoms with van der Waals surface area (Å²) in [5, 5.41) is 7.35. The van der Waals surface area contributed by atoms with E-state index in [-0.39, 0.29) is 11.1 Å². The van der Waals surface area contributed by atoms with Crippen molar-refractivity contribution < 1.29 is 4.74 Å². The van der Waals surface area contributed by atoms with Gasteiger partial charge in [-0.2, -0.15) is 0 Å². The van der Waals surface area contributed by atoms with Gasteiger partial charge in [0.1, 0.15) is 5.75 Å². The molecule has 3 heteroatoms. The molecule has 0 saturated carbocycles. The van der Waals surface area contributed by atoms with Gasteiger partial charge in [0, 0.05) is 22.8 Å². The molecule has 1 saturated heterocycles. The highest BCUT2D eigenvalue weighted by Gasteiger charge is 2.37. The number of benzene rings is 1. The van der Waals surface area contributed by atoms with Crippen LogP contribution < -0.4 is 15.4 Å². The van der Waals surface area contributed by atoms with E-state index in [9.17, 15) is 0 Å². The van der Waals surface area contributed by atoms with E-state index in [1.165, 1.54) is 5.69 Å². The third-order valence-electron chi connectivity index (χ3n) is 3.65. The third kappa shape index (κ3) is 3.87. The van der Waals surface area contributed by atoms with Gasteiger partial charge in [-0.1, -0.05) is 0 Å². The number of rotatable bonds is 3. The molecule has 1 aliphatic heterocycles. The van der Waals surface area contributed by atoms with Crippen LogP contribution >= 0.6 is 0 Å². The summed E-state index contributed by atoms with van der Waals surface area (Å²) in [5.41, 5.74) is 1.51. The summed E-state index contributed by atoms with van der Waals surface area (Å²) >= 11 is 0. The molecule has 2 N–H and O–H groups in total. The van der Waals surface area contributed by atoms with Gasteiger partial charge in [0.25, 0.3) is 0 Å². The second-order valence-electron chi connectivity index (χ2n) is 6.87. The Morgan fingerprint density at radius 1 is 1.05 bits per heavy atom. The van der Waals surface area contributed by atoms with Crippen molar-refractivity contribution in [1.29, 1.82) is 0 Å². The van der Waals surface area contributed by atoms with Gasteiger partial charge in [-0.3, -0.25) is 0 Å². The molecule has 0 atom stereocenters. The number of hydrogen-bond acceptors (Lipinski definition) is 3. The van der Waals surface area contributed by atoms with Crippen LogP contribution in [0.15, 0.2) is 24.3 Å². The van der Waals surface area contributed by atoms with Crippen LogP contribution in [0.25, 0.3) is 0 Å². The predicted molar refractivity (Wildman–Crippen MR) is 80.9 cm³/mol. The van der Waals surface area contributed by atoms with Gasteiger partial charge in [-0.15, -0.1) is 0 Å². The molecule has 1 aromatic rings. The van der Waals surface area contributed by atoms with E-state index in [4.69, 9.17) is 4.74 Å². The van der Waals surface area contributed by atoms with E-state index in [2.05, 4.69) is 50.5 Å². The van der Waals surface area contributed by atoms with Gasteiger partial charge in [0.2, 0.25) is 0 Å². The highest BCUT2D eigenvalue weighted by Crippen LogP contribution is 2.30. The van der Waals surface area contributed by atoms with Gasteiger partial charge in [-0.25, -0.2) is 0 Å². The summed E-state index contributed by atoms with van der Waals surface area (Å²) in [4.78, 5) is 0. The van der Waals surface area contributed by atoms with Crippen molar-refractivity contribution in [3.63, 3.8) is 0 Å². The van der Waals surface area contributed by atoms with Crippen LogP contribution in [0.4, 0.5) is 5.69 Å².